The molecule has 0 saturated carbocycles. The van der Waals surface area contributed by atoms with Crippen LogP contribution in [0.4, 0.5) is 0 Å². The number of hydrogen-bond acceptors (Lipinski definition) is 5. The number of carbonyl (C=O) groups excluding carboxylic acids is 1. The van der Waals surface area contributed by atoms with Gasteiger partial charge in [-0.3, -0.25) is 9.20 Å². The van der Waals surface area contributed by atoms with Gasteiger partial charge in [-0.25, -0.2) is 0 Å². The van der Waals surface area contributed by atoms with E-state index in [2.05, 4.69) is 19.9 Å². The fourth-order valence-corrected chi connectivity index (χ4v) is 3.70. The molecule has 2 aromatic heterocycles. The Morgan fingerprint density at radius 3 is 2.73 bits per heavy atom. The molecule has 2 atom stereocenters. The number of nitrogens with zero attached hydrogens (tertiary/aromatic N) is 4. The van der Waals surface area contributed by atoms with Crippen molar-refractivity contribution in [1.82, 2.24) is 24.8 Å². The Labute approximate surface area is 165 Å². The van der Waals surface area contributed by atoms with Gasteiger partial charge in [0.1, 0.15) is 11.9 Å². The number of amides is 1. The molecule has 2 aliphatic rings. The Bertz CT molecular complexity index is 733. The van der Waals surface area contributed by atoms with Crippen molar-refractivity contribution in [3.63, 3.8) is 0 Å². The Morgan fingerprint density at radius 2 is 2.00 bits per heavy atom. The third kappa shape index (κ3) is 3.96. The molecule has 0 aromatic carbocycles. The van der Waals surface area contributed by atoms with Crippen LogP contribution in [0, 0.1) is 0 Å². The molecule has 0 spiro atoms. The van der Waals surface area contributed by atoms with E-state index in [1.807, 2.05) is 36.2 Å². The number of hydrogen-bond donors (Lipinski definition) is 1. The first kappa shape index (κ1) is 20.9. The minimum absolute atomic E-state index is 0. The van der Waals surface area contributed by atoms with Crippen molar-refractivity contribution in [2.75, 3.05) is 26.2 Å². The highest BCUT2D eigenvalue weighted by Crippen LogP contribution is 2.27. The molecule has 1 N–H and O–H groups in total. The number of rotatable bonds is 2. The first-order valence-electron chi connectivity index (χ1n) is 8.67. The van der Waals surface area contributed by atoms with Crippen molar-refractivity contribution in [3.05, 3.63) is 30.2 Å². The molecule has 2 aliphatic heterocycles. The number of halogens is 2. The SMILES string of the molecule is C[C@H]1OCCN[C@@H]1C(=O)N1CCC(c2nnc3ccccn23)CC1.Cl.Cl. The second-order valence-corrected chi connectivity index (χ2v) is 6.59. The minimum Gasteiger partial charge on any atom is -0.375 e. The summed E-state index contributed by atoms with van der Waals surface area (Å²) in [7, 11) is 0. The van der Waals surface area contributed by atoms with Crippen LogP contribution in [0.1, 0.15) is 31.5 Å². The number of aromatic nitrogens is 3. The zero-order valence-electron chi connectivity index (χ0n) is 14.7. The highest BCUT2D eigenvalue weighted by atomic mass is 35.5. The summed E-state index contributed by atoms with van der Waals surface area (Å²) in [5.74, 6) is 1.51. The van der Waals surface area contributed by atoms with E-state index in [0.29, 0.717) is 12.5 Å². The molecule has 26 heavy (non-hydrogen) atoms. The van der Waals surface area contributed by atoms with Crippen LogP contribution in [-0.2, 0) is 9.53 Å². The molecule has 0 unspecified atom stereocenters. The summed E-state index contributed by atoms with van der Waals surface area (Å²) in [4.78, 5) is 14.7. The van der Waals surface area contributed by atoms with E-state index >= 15 is 0 Å². The molecule has 0 bridgehead atoms. The number of likely N-dealkylation sites (tertiary alicyclic amines) is 1. The predicted octanol–water partition coefficient (Wildman–Crippen LogP) is 1.66. The Hall–Kier alpha value is -1.41. The third-order valence-electron chi connectivity index (χ3n) is 5.09. The van der Waals surface area contributed by atoms with Crippen LogP contribution in [0.2, 0.25) is 0 Å². The molecule has 144 valence electrons. The van der Waals surface area contributed by atoms with Gasteiger partial charge in [-0.1, -0.05) is 6.07 Å². The van der Waals surface area contributed by atoms with Gasteiger partial charge < -0.3 is 15.0 Å². The van der Waals surface area contributed by atoms with Gasteiger partial charge in [0, 0.05) is 31.7 Å². The fourth-order valence-electron chi connectivity index (χ4n) is 3.70. The molecule has 9 heteroatoms. The number of piperidine rings is 1. The van der Waals surface area contributed by atoms with E-state index < -0.39 is 0 Å². The zero-order chi connectivity index (χ0) is 16.5. The van der Waals surface area contributed by atoms with E-state index in [-0.39, 0.29) is 42.9 Å². The van der Waals surface area contributed by atoms with Gasteiger partial charge in [0.15, 0.2) is 5.65 Å². The second kappa shape index (κ2) is 8.99. The molecule has 2 saturated heterocycles. The van der Waals surface area contributed by atoms with Gasteiger partial charge in [0.05, 0.1) is 12.7 Å². The second-order valence-electron chi connectivity index (χ2n) is 6.59. The van der Waals surface area contributed by atoms with Crippen LogP contribution in [-0.4, -0.2) is 63.8 Å². The maximum absolute atomic E-state index is 12.7. The van der Waals surface area contributed by atoms with Crippen molar-refractivity contribution in [1.29, 1.82) is 0 Å². The van der Waals surface area contributed by atoms with Crippen LogP contribution < -0.4 is 5.32 Å². The van der Waals surface area contributed by atoms with Crippen molar-refractivity contribution in [2.45, 2.75) is 37.8 Å². The van der Waals surface area contributed by atoms with Crippen molar-refractivity contribution < 1.29 is 9.53 Å². The zero-order valence-corrected chi connectivity index (χ0v) is 16.3. The van der Waals surface area contributed by atoms with Gasteiger partial charge in [-0.15, -0.1) is 35.0 Å². The molecule has 0 aliphatic carbocycles. The first-order valence-corrected chi connectivity index (χ1v) is 8.67. The van der Waals surface area contributed by atoms with Crippen LogP contribution in [0.25, 0.3) is 5.65 Å². The largest absolute Gasteiger partial charge is 0.375 e. The number of carbonyl (C=O) groups is 1. The van der Waals surface area contributed by atoms with Crippen molar-refractivity contribution in [3.8, 4) is 0 Å². The normalized spacial score (nSPS) is 24.0. The average Bonchev–Trinajstić information content (AvgIpc) is 3.06. The quantitative estimate of drug-likeness (QED) is 0.828. The lowest BCUT2D eigenvalue weighted by Crippen LogP contribution is -2.57. The van der Waals surface area contributed by atoms with E-state index in [0.717, 1.165) is 43.9 Å². The van der Waals surface area contributed by atoms with Gasteiger partial charge in [0.25, 0.3) is 0 Å². The lowest BCUT2D eigenvalue weighted by atomic mass is 9.95. The molecule has 0 radical (unpaired) electrons. The summed E-state index contributed by atoms with van der Waals surface area (Å²) in [6.07, 6.45) is 3.78. The van der Waals surface area contributed by atoms with Crippen molar-refractivity contribution >= 4 is 36.4 Å². The van der Waals surface area contributed by atoms with Gasteiger partial charge >= 0.3 is 0 Å². The molecule has 4 rings (SSSR count). The minimum atomic E-state index is -0.218. The smallest absolute Gasteiger partial charge is 0.242 e. The monoisotopic (exact) mass is 401 g/mol. The molecule has 1 amide bonds. The lowest BCUT2D eigenvalue weighted by Gasteiger charge is -2.37. The van der Waals surface area contributed by atoms with E-state index in [4.69, 9.17) is 4.74 Å². The van der Waals surface area contributed by atoms with Crippen LogP contribution in [0.15, 0.2) is 24.4 Å². The van der Waals surface area contributed by atoms with Crippen LogP contribution in [0.3, 0.4) is 0 Å². The maximum Gasteiger partial charge on any atom is 0.242 e. The number of fused-ring (bicyclic) bond motifs is 1. The van der Waals surface area contributed by atoms with Gasteiger partial charge in [0.2, 0.25) is 5.91 Å². The number of morpholine rings is 1. The molecule has 4 heterocycles. The summed E-state index contributed by atoms with van der Waals surface area (Å²) < 4.78 is 7.66. The molecular formula is C17H25Cl2N5O2. The lowest BCUT2D eigenvalue weighted by molar-refractivity contribution is -0.140. The van der Waals surface area contributed by atoms with E-state index in [1.165, 1.54) is 0 Å². The van der Waals surface area contributed by atoms with Crippen molar-refractivity contribution in [2.24, 2.45) is 0 Å². The Morgan fingerprint density at radius 1 is 1.23 bits per heavy atom. The first-order chi connectivity index (χ1) is 11.7. The molecule has 7 nitrogen and oxygen atoms in total. The number of pyridine rings is 1. The predicted molar refractivity (Wildman–Crippen MR) is 103 cm³/mol. The maximum atomic E-state index is 12.7. The summed E-state index contributed by atoms with van der Waals surface area (Å²) >= 11 is 0. The Kier molecular flexibility index (Phi) is 7.23. The molecule has 2 aromatic rings. The summed E-state index contributed by atoms with van der Waals surface area (Å²) in [5.41, 5.74) is 0.878. The standard InChI is InChI=1S/C17H23N5O2.2ClH/c1-12-15(18-7-11-24-12)17(23)21-9-5-13(6-10-21)16-20-19-14-4-2-3-8-22(14)16;;/h2-4,8,12-13,15,18H,5-7,9-11H2,1H3;2*1H/t12-,15+;;/m1../s1. The Balaban J connectivity index is 0.00000121. The highest BCUT2D eigenvalue weighted by molar-refractivity contribution is 5.85. The molecular weight excluding hydrogens is 377 g/mol. The highest BCUT2D eigenvalue weighted by Gasteiger charge is 2.34. The summed E-state index contributed by atoms with van der Waals surface area (Å²) in [6, 6.07) is 5.71. The number of ether oxygens (including phenoxy) is 1. The average molecular weight is 402 g/mol. The summed E-state index contributed by atoms with van der Waals surface area (Å²) in [5, 5.41) is 11.9. The number of nitrogens with one attached hydrogen (secondary N) is 1. The third-order valence-corrected chi connectivity index (χ3v) is 5.09. The topological polar surface area (TPSA) is 71.8 Å². The van der Waals surface area contributed by atoms with Gasteiger partial charge in [-0.05, 0) is 31.9 Å². The van der Waals surface area contributed by atoms with Crippen LogP contribution in [0.5, 0.6) is 0 Å². The van der Waals surface area contributed by atoms with Crippen LogP contribution >= 0.6 is 24.8 Å². The van der Waals surface area contributed by atoms with E-state index in [1.54, 1.807) is 0 Å². The fraction of sp³-hybridized carbons (Fsp3) is 0.588. The van der Waals surface area contributed by atoms with Gasteiger partial charge in [-0.2, -0.15) is 0 Å². The van der Waals surface area contributed by atoms with E-state index in [9.17, 15) is 4.79 Å². The summed E-state index contributed by atoms with van der Waals surface area (Å²) in [6.45, 7) is 4.89. The molecule has 2 fully saturated rings.